The van der Waals surface area contributed by atoms with Gasteiger partial charge in [-0.2, -0.15) is 0 Å². The van der Waals surface area contributed by atoms with E-state index in [0.717, 1.165) is 50.5 Å². The highest BCUT2D eigenvalue weighted by Crippen LogP contribution is 2.62. The lowest BCUT2D eigenvalue weighted by Gasteiger charge is -2.50. The first kappa shape index (κ1) is 16.1. The fraction of sp³-hybridized carbons (Fsp3) is 0.591. The molecular weight excluding hydrogens is 299 g/mol. The second-order valence-electron chi connectivity index (χ2n) is 8.35. The molecule has 4 rings (SSSR count). The average Bonchev–Trinajstić information content (AvgIpc) is 2.84. The number of fused-ring (bicyclic) bond motifs is 5. The highest BCUT2D eigenvalue weighted by atomic mass is 19.1. The minimum Gasteiger partial charge on any atom is -0.299 e. The van der Waals surface area contributed by atoms with Gasteiger partial charge in [-0.05, 0) is 79.4 Å². The van der Waals surface area contributed by atoms with Gasteiger partial charge < -0.3 is 0 Å². The van der Waals surface area contributed by atoms with Gasteiger partial charge in [-0.15, -0.1) is 6.58 Å². The number of halogens is 1. The number of hydrogen-bond acceptors (Lipinski definition) is 1. The third kappa shape index (κ3) is 2.22. The summed E-state index contributed by atoms with van der Waals surface area (Å²) >= 11 is 0. The van der Waals surface area contributed by atoms with Gasteiger partial charge in [0, 0.05) is 11.8 Å². The lowest BCUT2D eigenvalue weighted by atomic mass is 9.54. The SMILES string of the molecule is C=CCC[C@@H]1CC(=O)[C@@]2(C)CC[C@@H]3c4cccc(F)c4CC[C@H]3[C@H]12. The van der Waals surface area contributed by atoms with Crippen molar-refractivity contribution in [2.24, 2.45) is 23.2 Å². The summed E-state index contributed by atoms with van der Waals surface area (Å²) < 4.78 is 14.2. The molecule has 0 saturated heterocycles. The van der Waals surface area contributed by atoms with Crippen molar-refractivity contribution in [3.63, 3.8) is 0 Å². The maximum atomic E-state index is 14.2. The van der Waals surface area contributed by atoms with Crippen molar-refractivity contribution < 1.29 is 9.18 Å². The molecule has 0 spiro atoms. The van der Waals surface area contributed by atoms with E-state index in [1.165, 1.54) is 5.56 Å². The number of allylic oxidation sites excluding steroid dienone is 1. The van der Waals surface area contributed by atoms with Gasteiger partial charge in [0.2, 0.25) is 0 Å². The number of rotatable bonds is 3. The molecule has 2 saturated carbocycles. The molecule has 0 amide bonds. The van der Waals surface area contributed by atoms with E-state index in [2.05, 4.69) is 19.6 Å². The fourth-order valence-corrected chi connectivity index (χ4v) is 6.23. The van der Waals surface area contributed by atoms with Crippen LogP contribution < -0.4 is 0 Å². The van der Waals surface area contributed by atoms with Crippen LogP contribution in [0.1, 0.15) is 62.5 Å². The molecular formula is C22H27FO. The van der Waals surface area contributed by atoms with Crippen molar-refractivity contribution in [2.45, 2.75) is 57.8 Å². The summed E-state index contributed by atoms with van der Waals surface area (Å²) in [5.74, 6) is 2.39. The molecule has 0 N–H and O–H groups in total. The molecule has 0 bridgehead atoms. The Morgan fingerprint density at radius 1 is 1.38 bits per heavy atom. The Kier molecular flexibility index (Phi) is 3.89. The fourth-order valence-electron chi connectivity index (χ4n) is 6.23. The first-order chi connectivity index (χ1) is 11.6. The lowest BCUT2D eigenvalue weighted by molar-refractivity contribution is -0.129. The van der Waals surface area contributed by atoms with Crippen molar-refractivity contribution in [1.82, 2.24) is 0 Å². The number of hydrogen-bond donors (Lipinski definition) is 0. The molecule has 3 aliphatic rings. The Hall–Kier alpha value is -1.44. The van der Waals surface area contributed by atoms with Crippen LogP contribution >= 0.6 is 0 Å². The molecule has 2 heteroatoms. The van der Waals surface area contributed by atoms with Gasteiger partial charge >= 0.3 is 0 Å². The molecule has 3 aliphatic carbocycles. The molecule has 0 aliphatic heterocycles. The van der Waals surface area contributed by atoms with E-state index in [1.807, 2.05) is 12.1 Å². The third-order valence-electron chi connectivity index (χ3n) is 7.30. The zero-order chi connectivity index (χ0) is 16.9. The van der Waals surface area contributed by atoms with Crippen LogP contribution in [-0.2, 0) is 11.2 Å². The number of carbonyl (C=O) groups excluding carboxylic acids is 1. The van der Waals surface area contributed by atoms with Crippen LogP contribution in [0.15, 0.2) is 30.9 Å². The van der Waals surface area contributed by atoms with Crippen LogP contribution in [0.5, 0.6) is 0 Å². The Balaban J connectivity index is 1.71. The minimum absolute atomic E-state index is 0.0370. The summed E-state index contributed by atoms with van der Waals surface area (Å²) in [6.07, 6.45) is 8.67. The lowest BCUT2D eigenvalue weighted by Crippen LogP contribution is -2.44. The van der Waals surface area contributed by atoms with E-state index in [0.29, 0.717) is 29.5 Å². The van der Waals surface area contributed by atoms with E-state index < -0.39 is 0 Å². The van der Waals surface area contributed by atoms with Gasteiger partial charge in [0.05, 0.1) is 0 Å². The molecule has 24 heavy (non-hydrogen) atoms. The topological polar surface area (TPSA) is 17.1 Å². The Bertz CT molecular complexity index is 679. The molecule has 0 unspecified atom stereocenters. The maximum Gasteiger partial charge on any atom is 0.139 e. The predicted molar refractivity (Wildman–Crippen MR) is 94.3 cm³/mol. The van der Waals surface area contributed by atoms with Crippen LogP contribution in [0, 0.1) is 29.0 Å². The second-order valence-corrected chi connectivity index (χ2v) is 8.35. The second kappa shape index (κ2) is 5.82. The number of Topliss-reactive ketones (excluding diaryl/α,β-unsaturated/α-hetero) is 1. The van der Waals surface area contributed by atoms with Crippen molar-refractivity contribution in [1.29, 1.82) is 0 Å². The van der Waals surface area contributed by atoms with Crippen molar-refractivity contribution in [3.05, 3.63) is 47.8 Å². The highest BCUT2D eigenvalue weighted by molar-refractivity contribution is 5.87. The van der Waals surface area contributed by atoms with Crippen LogP contribution in [0.25, 0.3) is 0 Å². The van der Waals surface area contributed by atoms with Crippen LogP contribution in [0.4, 0.5) is 4.39 Å². The standard InChI is InChI=1S/C22H27FO/c1-3-4-6-14-13-20(24)22(2)12-11-16-15-7-5-8-19(23)17(15)9-10-18(16)21(14)22/h3,5,7-8,14,16,18,21H,1,4,6,9-13H2,2H3/t14-,16-,18-,21+,22-/m1/s1. The van der Waals surface area contributed by atoms with E-state index in [9.17, 15) is 9.18 Å². The van der Waals surface area contributed by atoms with Gasteiger partial charge in [-0.1, -0.05) is 25.1 Å². The molecule has 2 fully saturated rings. The van der Waals surface area contributed by atoms with Crippen molar-refractivity contribution >= 4 is 5.78 Å². The van der Waals surface area contributed by atoms with Gasteiger partial charge in [-0.3, -0.25) is 4.79 Å². The van der Waals surface area contributed by atoms with E-state index in [1.54, 1.807) is 6.07 Å². The van der Waals surface area contributed by atoms with Crippen molar-refractivity contribution in [3.8, 4) is 0 Å². The van der Waals surface area contributed by atoms with Gasteiger partial charge in [0.1, 0.15) is 11.6 Å². The summed E-state index contributed by atoms with van der Waals surface area (Å²) in [5, 5.41) is 0. The quantitative estimate of drug-likeness (QED) is 0.676. The zero-order valence-corrected chi connectivity index (χ0v) is 14.6. The molecule has 0 radical (unpaired) electrons. The van der Waals surface area contributed by atoms with E-state index >= 15 is 0 Å². The molecule has 1 nitrogen and oxygen atoms in total. The molecule has 1 aromatic rings. The summed E-state index contributed by atoms with van der Waals surface area (Å²) in [7, 11) is 0. The molecule has 128 valence electrons. The number of ketones is 1. The summed E-state index contributed by atoms with van der Waals surface area (Å²) in [5.41, 5.74) is 2.03. The number of benzene rings is 1. The molecule has 0 heterocycles. The van der Waals surface area contributed by atoms with E-state index in [-0.39, 0.29) is 11.2 Å². The number of carbonyl (C=O) groups is 1. The average molecular weight is 326 g/mol. The normalized spacial score (nSPS) is 37.5. The highest BCUT2D eigenvalue weighted by Gasteiger charge is 2.58. The molecule has 0 aromatic heterocycles. The first-order valence-corrected chi connectivity index (χ1v) is 9.47. The van der Waals surface area contributed by atoms with Gasteiger partial charge in [-0.25, -0.2) is 4.39 Å². The monoisotopic (exact) mass is 326 g/mol. The van der Waals surface area contributed by atoms with Crippen LogP contribution in [0.2, 0.25) is 0 Å². The predicted octanol–water partition coefficient (Wildman–Crippen LogP) is 5.44. The maximum absolute atomic E-state index is 14.2. The molecule has 1 aromatic carbocycles. The molecule has 5 atom stereocenters. The summed E-state index contributed by atoms with van der Waals surface area (Å²) in [6, 6.07) is 5.59. The summed E-state index contributed by atoms with van der Waals surface area (Å²) in [4.78, 5) is 12.8. The van der Waals surface area contributed by atoms with Gasteiger partial charge in [0.15, 0.2) is 0 Å². The largest absolute Gasteiger partial charge is 0.299 e. The Labute approximate surface area is 144 Å². The minimum atomic E-state index is -0.141. The van der Waals surface area contributed by atoms with E-state index in [4.69, 9.17) is 0 Å². The van der Waals surface area contributed by atoms with Gasteiger partial charge in [0.25, 0.3) is 0 Å². The van der Waals surface area contributed by atoms with Crippen LogP contribution in [0.3, 0.4) is 0 Å². The van der Waals surface area contributed by atoms with Crippen molar-refractivity contribution in [2.75, 3.05) is 0 Å². The summed E-state index contributed by atoms with van der Waals surface area (Å²) in [6.45, 7) is 6.07. The first-order valence-electron chi connectivity index (χ1n) is 9.47. The Morgan fingerprint density at radius 2 is 2.21 bits per heavy atom. The van der Waals surface area contributed by atoms with Crippen LogP contribution in [-0.4, -0.2) is 5.78 Å². The zero-order valence-electron chi connectivity index (χ0n) is 14.6. The smallest absolute Gasteiger partial charge is 0.139 e. The Morgan fingerprint density at radius 3 is 3.00 bits per heavy atom. The third-order valence-corrected chi connectivity index (χ3v) is 7.30.